The van der Waals surface area contributed by atoms with E-state index in [-0.39, 0.29) is 5.91 Å². The van der Waals surface area contributed by atoms with Crippen molar-refractivity contribution in [1.82, 2.24) is 4.90 Å². The lowest BCUT2D eigenvalue weighted by atomic mass is 10.2. The Morgan fingerprint density at radius 3 is 1.91 bits per heavy atom. The zero-order valence-corrected chi connectivity index (χ0v) is 16.3. The maximum atomic E-state index is 12.6. The normalized spacial score (nSPS) is 13.4. The van der Waals surface area contributed by atoms with Crippen molar-refractivity contribution in [3.8, 4) is 0 Å². The summed E-state index contributed by atoms with van der Waals surface area (Å²) < 4.78 is 5.24. The third-order valence-corrected chi connectivity index (χ3v) is 3.87. The topological polar surface area (TPSA) is 46.6 Å². The van der Waals surface area contributed by atoms with Crippen LogP contribution >= 0.6 is 0 Å². The van der Waals surface area contributed by atoms with Crippen molar-refractivity contribution in [1.29, 1.82) is 0 Å². The lowest BCUT2D eigenvalue weighted by molar-refractivity contribution is -0.148. The molecule has 0 spiro atoms. The summed E-state index contributed by atoms with van der Waals surface area (Å²) >= 11 is 0. The predicted octanol–water partition coefficient (Wildman–Crippen LogP) is 3.56. The van der Waals surface area contributed by atoms with E-state index in [1.165, 1.54) is 6.08 Å². The first-order valence-corrected chi connectivity index (χ1v) is 11.4. The van der Waals surface area contributed by atoms with Crippen LogP contribution < -0.4 is 0 Å². The minimum Gasteiger partial charge on any atom is -0.457 e. The highest BCUT2D eigenvalue weighted by molar-refractivity contribution is 6.81. The van der Waals surface area contributed by atoms with Crippen molar-refractivity contribution < 1.29 is 14.3 Å². The molecule has 0 N–H and O–H groups in total. The maximum absolute atomic E-state index is 12.6. The number of ether oxygens (including phenoxy) is 1. The average molecular weight is 326 g/mol. The quantitative estimate of drug-likeness (QED) is 0.325. The highest BCUT2D eigenvalue weighted by Gasteiger charge is 2.19. The molecule has 4 nitrogen and oxygen atoms in total. The van der Waals surface area contributed by atoms with Crippen LogP contribution in [0.5, 0.6) is 0 Å². The molecule has 126 valence electrons. The zero-order valence-electron chi connectivity index (χ0n) is 15.3. The van der Waals surface area contributed by atoms with Crippen LogP contribution in [0.4, 0.5) is 0 Å². The van der Waals surface area contributed by atoms with E-state index in [9.17, 15) is 9.59 Å². The molecule has 0 heterocycles. The summed E-state index contributed by atoms with van der Waals surface area (Å²) in [6, 6.07) is 0. The molecular formula is C17H31NO3Si. The number of rotatable bonds is 6. The fourth-order valence-electron chi connectivity index (χ4n) is 1.83. The monoisotopic (exact) mass is 325 g/mol. The lowest BCUT2D eigenvalue weighted by Gasteiger charge is -2.21. The molecule has 0 saturated heterocycles. The van der Waals surface area contributed by atoms with Crippen molar-refractivity contribution >= 4 is 20.0 Å². The Balaban J connectivity index is 5.33. The maximum Gasteiger partial charge on any atom is 0.331 e. The Morgan fingerprint density at radius 2 is 1.55 bits per heavy atom. The van der Waals surface area contributed by atoms with E-state index >= 15 is 0 Å². The molecular weight excluding hydrogens is 294 g/mol. The van der Waals surface area contributed by atoms with Crippen molar-refractivity contribution in [2.45, 2.75) is 59.9 Å². The lowest BCUT2D eigenvalue weighted by Crippen LogP contribution is -2.32. The van der Waals surface area contributed by atoms with Gasteiger partial charge in [-0.05, 0) is 40.7 Å². The fraction of sp³-hybridized carbons (Fsp3) is 0.647. The van der Waals surface area contributed by atoms with Crippen LogP contribution in [-0.4, -0.2) is 43.5 Å². The van der Waals surface area contributed by atoms with E-state index in [1.54, 1.807) is 11.0 Å². The number of carbonyl (C=O) groups is 2. The highest BCUT2D eigenvalue weighted by atomic mass is 28.3. The molecule has 22 heavy (non-hydrogen) atoms. The van der Waals surface area contributed by atoms with Gasteiger partial charge >= 0.3 is 5.97 Å². The first-order valence-electron chi connectivity index (χ1n) is 7.82. The molecule has 0 saturated carbocycles. The van der Waals surface area contributed by atoms with E-state index in [4.69, 9.17) is 4.74 Å². The van der Waals surface area contributed by atoms with Gasteiger partial charge < -0.3 is 9.64 Å². The number of nitrogens with zero attached hydrogens (tertiary/aromatic N) is 1. The summed E-state index contributed by atoms with van der Waals surface area (Å²) in [5, 5.41) is 0. The van der Waals surface area contributed by atoms with Crippen molar-refractivity contribution in [3.05, 3.63) is 23.4 Å². The summed E-state index contributed by atoms with van der Waals surface area (Å²) in [7, 11) is -1.59. The first-order chi connectivity index (χ1) is 9.89. The van der Waals surface area contributed by atoms with Crippen LogP contribution in [0.2, 0.25) is 19.6 Å². The van der Waals surface area contributed by atoms with Crippen LogP contribution in [0.15, 0.2) is 23.4 Å². The molecule has 0 aliphatic rings. The van der Waals surface area contributed by atoms with Gasteiger partial charge in [-0.2, -0.15) is 0 Å². The molecule has 0 rings (SSSR count). The molecule has 0 fully saturated rings. The van der Waals surface area contributed by atoms with E-state index < -0.39 is 19.6 Å². The zero-order chi connectivity index (χ0) is 17.6. The van der Waals surface area contributed by atoms with E-state index in [2.05, 4.69) is 19.6 Å². The van der Waals surface area contributed by atoms with E-state index in [1.807, 2.05) is 40.3 Å². The van der Waals surface area contributed by atoms with Gasteiger partial charge in [0.2, 0.25) is 0 Å². The third-order valence-electron chi connectivity index (χ3n) is 2.69. The minimum absolute atomic E-state index is 0.0350. The predicted molar refractivity (Wildman–Crippen MR) is 94.3 cm³/mol. The van der Waals surface area contributed by atoms with Gasteiger partial charge in [0.15, 0.2) is 0 Å². The molecule has 0 unspecified atom stereocenters. The summed E-state index contributed by atoms with van der Waals surface area (Å²) in [6.07, 6.45) is 2.94. The average Bonchev–Trinajstić information content (AvgIpc) is 2.32. The Bertz CT molecular complexity index is 450. The molecule has 0 aliphatic heterocycles. The molecule has 0 aliphatic carbocycles. The number of amides is 1. The van der Waals surface area contributed by atoms with Gasteiger partial charge in [0.05, 0.1) is 8.07 Å². The second kappa shape index (κ2) is 8.32. The smallest absolute Gasteiger partial charge is 0.331 e. The van der Waals surface area contributed by atoms with E-state index in [0.29, 0.717) is 18.7 Å². The van der Waals surface area contributed by atoms with Gasteiger partial charge in [-0.3, -0.25) is 4.79 Å². The Morgan fingerprint density at radius 1 is 1.05 bits per heavy atom. The van der Waals surface area contributed by atoms with Crippen LogP contribution in [0, 0.1) is 0 Å². The number of esters is 1. The molecule has 0 atom stereocenters. The number of hydrogen-bond acceptors (Lipinski definition) is 3. The Hall–Kier alpha value is -1.36. The van der Waals surface area contributed by atoms with Crippen LogP contribution in [0.1, 0.15) is 34.6 Å². The summed E-state index contributed by atoms with van der Waals surface area (Å²) in [6.45, 7) is 17.1. The van der Waals surface area contributed by atoms with Gasteiger partial charge in [-0.15, -0.1) is 0 Å². The molecule has 1 amide bonds. The Labute approximate surface area is 136 Å². The van der Waals surface area contributed by atoms with Crippen molar-refractivity contribution in [3.63, 3.8) is 0 Å². The number of hydrogen-bond donors (Lipinski definition) is 0. The van der Waals surface area contributed by atoms with Crippen LogP contribution in [0.25, 0.3) is 0 Å². The molecule has 5 heteroatoms. The summed E-state index contributed by atoms with van der Waals surface area (Å²) in [4.78, 5) is 26.1. The standard InChI is InChI=1S/C17H31NO3Si/c1-9-18(10-2)16(20)14(13-22(6,7)8)11-12-15(19)21-17(3,4)5/h11-13H,9-10H2,1-8H3/b12-11+,14-13-. The van der Waals surface area contributed by atoms with Crippen LogP contribution in [-0.2, 0) is 14.3 Å². The molecule has 0 aromatic carbocycles. The van der Waals surface area contributed by atoms with Crippen LogP contribution in [0.3, 0.4) is 0 Å². The van der Waals surface area contributed by atoms with Crippen molar-refractivity contribution in [2.24, 2.45) is 0 Å². The second-order valence-corrected chi connectivity index (χ2v) is 12.3. The molecule has 0 aromatic rings. The third kappa shape index (κ3) is 8.82. The summed E-state index contributed by atoms with van der Waals surface area (Å²) in [5.41, 5.74) is 2.07. The van der Waals surface area contributed by atoms with Crippen molar-refractivity contribution in [2.75, 3.05) is 13.1 Å². The van der Waals surface area contributed by atoms with Gasteiger partial charge in [-0.25, -0.2) is 4.79 Å². The minimum atomic E-state index is -1.59. The van der Waals surface area contributed by atoms with Gasteiger partial charge in [0, 0.05) is 24.7 Å². The number of likely N-dealkylation sites (N-methyl/N-ethyl adjacent to an activating group) is 1. The van der Waals surface area contributed by atoms with Gasteiger partial charge in [0.1, 0.15) is 5.60 Å². The molecule has 0 bridgehead atoms. The highest BCUT2D eigenvalue weighted by Crippen LogP contribution is 2.13. The Kier molecular flexibility index (Phi) is 7.80. The van der Waals surface area contributed by atoms with Gasteiger partial charge in [0.25, 0.3) is 5.91 Å². The fourth-order valence-corrected chi connectivity index (χ4v) is 2.99. The van der Waals surface area contributed by atoms with E-state index in [0.717, 1.165) is 0 Å². The largest absolute Gasteiger partial charge is 0.457 e. The van der Waals surface area contributed by atoms with Gasteiger partial charge in [-0.1, -0.05) is 25.3 Å². The SMILES string of the molecule is CCN(CC)C(=O)C(=C\[Si](C)(C)C)/C=C/C(=O)OC(C)(C)C. The first kappa shape index (κ1) is 20.6. The molecule has 0 radical (unpaired) electrons. The molecule has 0 aromatic heterocycles. The summed E-state index contributed by atoms with van der Waals surface area (Å²) in [5.74, 6) is -0.464. The number of carbonyl (C=O) groups excluding carboxylic acids is 2. The second-order valence-electron chi connectivity index (χ2n) is 7.31.